The number of nitro groups is 1. The van der Waals surface area contributed by atoms with Crippen molar-refractivity contribution in [2.45, 2.75) is 6.92 Å². The molecule has 1 aliphatic rings. The van der Waals surface area contributed by atoms with Crippen molar-refractivity contribution in [1.82, 2.24) is 4.90 Å². The van der Waals surface area contributed by atoms with Crippen molar-refractivity contribution >= 4 is 0 Å². The summed E-state index contributed by atoms with van der Waals surface area (Å²) in [5.74, 6) is -0.210. The maximum atomic E-state index is 10.4. The van der Waals surface area contributed by atoms with Gasteiger partial charge in [-0.25, -0.2) is 0 Å². The van der Waals surface area contributed by atoms with E-state index in [0.717, 1.165) is 0 Å². The van der Waals surface area contributed by atoms with Crippen molar-refractivity contribution in [3.8, 4) is 0 Å². The molecular weight excluding hydrogens is 160 g/mol. The minimum atomic E-state index is -0.553. The molecule has 0 amide bonds. The fourth-order valence-electron chi connectivity index (χ4n) is 1.12. The van der Waals surface area contributed by atoms with Crippen LogP contribution in [0.25, 0.3) is 0 Å². The molecule has 0 aromatic heterocycles. The highest BCUT2D eigenvalue weighted by molar-refractivity contribution is 5.28. The molecule has 0 saturated carbocycles. The fraction of sp³-hybridized carbons (Fsp3) is 0.429. The molecule has 1 aliphatic heterocycles. The van der Waals surface area contributed by atoms with Crippen LogP contribution in [0.4, 0.5) is 0 Å². The maximum absolute atomic E-state index is 10.4. The van der Waals surface area contributed by atoms with Gasteiger partial charge in [-0.2, -0.15) is 0 Å². The van der Waals surface area contributed by atoms with Crippen LogP contribution >= 0.6 is 0 Å². The van der Waals surface area contributed by atoms with Gasteiger partial charge in [-0.3, -0.25) is 10.1 Å². The Morgan fingerprint density at radius 2 is 2.33 bits per heavy atom. The minimum Gasteiger partial charge on any atom is -0.502 e. The first-order valence-corrected chi connectivity index (χ1v) is 3.48. The zero-order valence-corrected chi connectivity index (χ0v) is 6.94. The van der Waals surface area contributed by atoms with Crippen molar-refractivity contribution in [3.63, 3.8) is 0 Å². The third-order valence-electron chi connectivity index (χ3n) is 1.68. The average Bonchev–Trinajstić information content (AvgIpc) is 1.96. The number of rotatable bonds is 1. The van der Waals surface area contributed by atoms with E-state index in [4.69, 9.17) is 0 Å². The summed E-state index contributed by atoms with van der Waals surface area (Å²) in [5.41, 5.74) is 0.382. The normalized spacial score (nSPS) is 17.8. The molecule has 12 heavy (non-hydrogen) atoms. The molecule has 0 aromatic rings. The summed E-state index contributed by atoms with van der Waals surface area (Å²) in [6.07, 6.45) is 1.67. The first kappa shape index (κ1) is 8.58. The lowest BCUT2D eigenvalue weighted by Crippen LogP contribution is -2.24. The molecule has 1 rings (SSSR count). The number of likely N-dealkylation sites (N-methyl/N-ethyl adjacent to an activating group) is 1. The van der Waals surface area contributed by atoms with Gasteiger partial charge >= 0.3 is 5.70 Å². The average molecular weight is 170 g/mol. The minimum absolute atomic E-state index is 0.141. The Hall–Kier alpha value is -1.52. The molecule has 5 heteroatoms. The molecule has 1 N–H and O–H groups in total. The smallest absolute Gasteiger partial charge is 0.306 e. The van der Waals surface area contributed by atoms with Crippen molar-refractivity contribution in [2.75, 3.05) is 13.6 Å². The number of hydrogen-bond donors (Lipinski definition) is 1. The van der Waals surface area contributed by atoms with Crippen LogP contribution in [0.2, 0.25) is 0 Å². The molecule has 66 valence electrons. The quantitative estimate of drug-likeness (QED) is 0.468. The van der Waals surface area contributed by atoms with Gasteiger partial charge in [-0.05, 0) is 6.92 Å². The Kier molecular flexibility index (Phi) is 2.03. The Labute approximate surface area is 69.8 Å². The van der Waals surface area contributed by atoms with E-state index in [2.05, 4.69) is 0 Å². The van der Waals surface area contributed by atoms with Gasteiger partial charge in [-0.15, -0.1) is 0 Å². The van der Waals surface area contributed by atoms with Gasteiger partial charge in [0.2, 0.25) is 0 Å². The molecule has 0 radical (unpaired) electrons. The Balaban J connectivity index is 3.05. The van der Waals surface area contributed by atoms with Crippen LogP contribution < -0.4 is 0 Å². The van der Waals surface area contributed by atoms with Crippen molar-refractivity contribution in [3.05, 3.63) is 33.3 Å². The van der Waals surface area contributed by atoms with Crippen LogP contribution in [-0.4, -0.2) is 28.5 Å². The van der Waals surface area contributed by atoms with Crippen LogP contribution in [0.5, 0.6) is 0 Å². The molecule has 0 saturated heterocycles. The zero-order valence-electron chi connectivity index (χ0n) is 6.94. The lowest BCUT2D eigenvalue weighted by atomic mass is 10.1. The Bertz CT molecular complexity index is 280. The van der Waals surface area contributed by atoms with Crippen LogP contribution in [0.15, 0.2) is 23.2 Å². The summed E-state index contributed by atoms with van der Waals surface area (Å²) in [6, 6.07) is 0. The predicted octanol–water partition coefficient (Wildman–Crippen LogP) is 0.882. The van der Waals surface area contributed by atoms with Gasteiger partial charge in [0.1, 0.15) is 6.54 Å². The fourth-order valence-corrected chi connectivity index (χ4v) is 1.12. The second kappa shape index (κ2) is 2.84. The molecule has 0 fully saturated rings. The number of nitrogens with zero attached hydrogens (tertiary/aromatic N) is 2. The van der Waals surface area contributed by atoms with E-state index in [1.807, 2.05) is 0 Å². The van der Waals surface area contributed by atoms with Crippen LogP contribution in [0.1, 0.15) is 6.92 Å². The van der Waals surface area contributed by atoms with E-state index in [0.29, 0.717) is 5.57 Å². The van der Waals surface area contributed by atoms with Gasteiger partial charge in [0.15, 0.2) is 5.76 Å². The summed E-state index contributed by atoms with van der Waals surface area (Å²) in [4.78, 5) is 11.5. The van der Waals surface area contributed by atoms with Gasteiger partial charge in [-0.1, -0.05) is 0 Å². The Morgan fingerprint density at radius 1 is 1.75 bits per heavy atom. The van der Waals surface area contributed by atoms with Gasteiger partial charge in [0, 0.05) is 18.8 Å². The van der Waals surface area contributed by atoms with Crippen LogP contribution in [0, 0.1) is 10.1 Å². The SMILES string of the molecule is CC1=CN(C)CC([N+](=O)[O-])=C1O. The molecule has 0 atom stereocenters. The second-order valence-electron chi connectivity index (χ2n) is 2.78. The molecule has 5 nitrogen and oxygen atoms in total. The van der Waals surface area contributed by atoms with E-state index >= 15 is 0 Å². The number of allylic oxidation sites excluding steroid dienone is 1. The largest absolute Gasteiger partial charge is 0.502 e. The summed E-state index contributed by atoms with van der Waals surface area (Å²) in [6.45, 7) is 1.78. The van der Waals surface area contributed by atoms with E-state index in [1.165, 1.54) is 0 Å². The third kappa shape index (κ3) is 1.39. The second-order valence-corrected chi connectivity index (χ2v) is 2.78. The molecule has 0 aliphatic carbocycles. The Morgan fingerprint density at radius 3 is 2.83 bits per heavy atom. The highest BCUT2D eigenvalue weighted by Gasteiger charge is 2.24. The van der Waals surface area contributed by atoms with Gasteiger partial charge in [0.25, 0.3) is 0 Å². The molecule has 0 spiro atoms. The molecule has 0 aromatic carbocycles. The lowest BCUT2D eigenvalue weighted by molar-refractivity contribution is -0.430. The standard InChI is InChI=1S/C7H10N2O3/c1-5-3-8(2)4-6(7(5)10)9(11)12/h3,10H,4H2,1-2H3. The monoisotopic (exact) mass is 170 g/mol. The van der Waals surface area contributed by atoms with Crippen molar-refractivity contribution in [1.29, 1.82) is 0 Å². The third-order valence-corrected chi connectivity index (χ3v) is 1.68. The van der Waals surface area contributed by atoms with Crippen molar-refractivity contribution in [2.24, 2.45) is 0 Å². The van der Waals surface area contributed by atoms with E-state index < -0.39 is 4.92 Å². The highest BCUT2D eigenvalue weighted by Crippen LogP contribution is 2.18. The van der Waals surface area contributed by atoms with E-state index in [1.54, 1.807) is 25.1 Å². The van der Waals surface area contributed by atoms with E-state index in [-0.39, 0.29) is 18.0 Å². The highest BCUT2D eigenvalue weighted by atomic mass is 16.6. The zero-order chi connectivity index (χ0) is 9.30. The lowest BCUT2D eigenvalue weighted by Gasteiger charge is -2.18. The van der Waals surface area contributed by atoms with Crippen LogP contribution in [-0.2, 0) is 0 Å². The molecule has 0 unspecified atom stereocenters. The maximum Gasteiger partial charge on any atom is 0.306 e. The van der Waals surface area contributed by atoms with Crippen molar-refractivity contribution < 1.29 is 10.0 Å². The first-order chi connectivity index (χ1) is 5.52. The summed E-state index contributed by atoms with van der Waals surface area (Å²) >= 11 is 0. The molecule has 0 bridgehead atoms. The summed E-state index contributed by atoms with van der Waals surface area (Å²) < 4.78 is 0. The van der Waals surface area contributed by atoms with Gasteiger partial charge in [0.05, 0.1) is 4.92 Å². The van der Waals surface area contributed by atoms with Crippen LogP contribution in [0.3, 0.4) is 0 Å². The number of hydrogen-bond acceptors (Lipinski definition) is 4. The molecule has 1 heterocycles. The van der Waals surface area contributed by atoms with Gasteiger partial charge < -0.3 is 10.0 Å². The number of aliphatic hydroxyl groups excluding tert-OH is 1. The predicted molar refractivity (Wildman–Crippen MR) is 43.0 cm³/mol. The van der Waals surface area contributed by atoms with E-state index in [9.17, 15) is 15.2 Å². The number of aliphatic hydroxyl groups is 1. The first-order valence-electron chi connectivity index (χ1n) is 3.48. The summed E-state index contributed by atoms with van der Waals surface area (Å²) in [5, 5.41) is 19.7. The summed E-state index contributed by atoms with van der Waals surface area (Å²) in [7, 11) is 1.72. The topological polar surface area (TPSA) is 66.6 Å². The molecular formula is C7H10N2O3.